The van der Waals surface area contributed by atoms with E-state index in [2.05, 4.69) is 17.1 Å². The average molecular weight is 264 g/mol. The van der Waals surface area contributed by atoms with E-state index in [0.29, 0.717) is 17.7 Å². The molecule has 19 heavy (non-hydrogen) atoms. The van der Waals surface area contributed by atoms with Gasteiger partial charge >= 0.3 is 0 Å². The standard InChI is InChI=1S/C16H28N2O/c1-12(13-6-3-7-17-9-13)8-16(19)18-10-14-4-2-5-15(14)11-18/h12-15,17H,2-11H2,1H3. The molecule has 3 fully saturated rings. The van der Waals surface area contributed by atoms with E-state index in [1.165, 1.54) is 32.1 Å². The number of carbonyl (C=O) groups excluding carboxylic acids is 1. The van der Waals surface area contributed by atoms with Gasteiger partial charge in [-0.2, -0.15) is 0 Å². The molecular formula is C16H28N2O. The van der Waals surface area contributed by atoms with Crippen LogP contribution in [0, 0.1) is 23.7 Å². The first kappa shape index (κ1) is 13.4. The topological polar surface area (TPSA) is 32.3 Å². The highest BCUT2D eigenvalue weighted by molar-refractivity contribution is 5.76. The molecule has 2 saturated heterocycles. The lowest BCUT2D eigenvalue weighted by Gasteiger charge is -2.29. The van der Waals surface area contributed by atoms with E-state index in [1.54, 1.807) is 0 Å². The lowest BCUT2D eigenvalue weighted by atomic mass is 9.85. The number of nitrogens with zero attached hydrogens (tertiary/aromatic N) is 1. The van der Waals surface area contributed by atoms with Crippen molar-refractivity contribution in [1.29, 1.82) is 0 Å². The summed E-state index contributed by atoms with van der Waals surface area (Å²) in [6.07, 6.45) is 7.45. The fraction of sp³-hybridized carbons (Fsp3) is 0.938. The van der Waals surface area contributed by atoms with Crippen LogP contribution in [0.2, 0.25) is 0 Å². The second kappa shape index (κ2) is 5.82. The summed E-state index contributed by atoms with van der Waals surface area (Å²) in [7, 11) is 0. The Morgan fingerprint density at radius 2 is 1.95 bits per heavy atom. The molecule has 0 radical (unpaired) electrons. The van der Waals surface area contributed by atoms with Crippen molar-refractivity contribution < 1.29 is 4.79 Å². The maximum Gasteiger partial charge on any atom is 0.222 e. The van der Waals surface area contributed by atoms with Crippen molar-refractivity contribution in [2.45, 2.75) is 45.4 Å². The van der Waals surface area contributed by atoms with Crippen LogP contribution in [0.4, 0.5) is 0 Å². The van der Waals surface area contributed by atoms with Gasteiger partial charge in [-0.1, -0.05) is 13.3 Å². The monoisotopic (exact) mass is 264 g/mol. The molecule has 4 unspecified atom stereocenters. The van der Waals surface area contributed by atoms with Crippen molar-refractivity contribution in [3.05, 3.63) is 0 Å². The molecule has 108 valence electrons. The molecular weight excluding hydrogens is 236 g/mol. The maximum absolute atomic E-state index is 12.4. The third-order valence-corrected chi connectivity index (χ3v) is 5.72. The van der Waals surface area contributed by atoms with Crippen molar-refractivity contribution in [3.8, 4) is 0 Å². The second-order valence-electron chi connectivity index (χ2n) is 7.04. The number of nitrogens with one attached hydrogen (secondary N) is 1. The molecule has 2 heterocycles. The van der Waals surface area contributed by atoms with Crippen LogP contribution in [0.3, 0.4) is 0 Å². The lowest BCUT2D eigenvalue weighted by molar-refractivity contribution is -0.131. The van der Waals surface area contributed by atoms with Crippen LogP contribution in [0.25, 0.3) is 0 Å². The molecule has 3 heteroatoms. The van der Waals surface area contributed by atoms with Gasteiger partial charge in [0.05, 0.1) is 0 Å². The molecule has 0 aromatic carbocycles. The van der Waals surface area contributed by atoms with Crippen LogP contribution < -0.4 is 5.32 Å². The van der Waals surface area contributed by atoms with Crippen LogP contribution in [-0.4, -0.2) is 37.0 Å². The van der Waals surface area contributed by atoms with Crippen LogP contribution in [0.15, 0.2) is 0 Å². The zero-order valence-corrected chi connectivity index (χ0v) is 12.2. The van der Waals surface area contributed by atoms with Gasteiger partial charge in [-0.3, -0.25) is 4.79 Å². The van der Waals surface area contributed by atoms with Crippen molar-refractivity contribution >= 4 is 5.91 Å². The van der Waals surface area contributed by atoms with E-state index in [9.17, 15) is 4.79 Å². The largest absolute Gasteiger partial charge is 0.342 e. The zero-order valence-electron chi connectivity index (χ0n) is 12.2. The van der Waals surface area contributed by atoms with Crippen molar-refractivity contribution in [2.75, 3.05) is 26.2 Å². The van der Waals surface area contributed by atoms with E-state index in [4.69, 9.17) is 0 Å². The van der Waals surface area contributed by atoms with Gasteiger partial charge in [-0.05, 0) is 62.4 Å². The Morgan fingerprint density at radius 3 is 2.58 bits per heavy atom. The van der Waals surface area contributed by atoms with E-state index in [0.717, 1.165) is 44.4 Å². The summed E-state index contributed by atoms with van der Waals surface area (Å²) < 4.78 is 0. The van der Waals surface area contributed by atoms with Crippen LogP contribution in [-0.2, 0) is 4.79 Å². The molecule has 4 atom stereocenters. The maximum atomic E-state index is 12.4. The van der Waals surface area contributed by atoms with E-state index in [1.807, 2.05) is 0 Å². The summed E-state index contributed by atoms with van der Waals surface area (Å²) in [4.78, 5) is 14.6. The normalized spacial score (nSPS) is 36.3. The summed E-state index contributed by atoms with van der Waals surface area (Å²) in [5.74, 6) is 3.33. The molecule has 0 aromatic rings. The molecule has 3 rings (SSSR count). The van der Waals surface area contributed by atoms with Crippen LogP contribution in [0.5, 0.6) is 0 Å². The Kier molecular flexibility index (Phi) is 4.11. The summed E-state index contributed by atoms with van der Waals surface area (Å²) in [5, 5.41) is 3.47. The number of rotatable bonds is 3. The smallest absolute Gasteiger partial charge is 0.222 e. The second-order valence-corrected chi connectivity index (χ2v) is 7.04. The molecule has 3 aliphatic rings. The number of amides is 1. The molecule has 1 saturated carbocycles. The summed E-state index contributed by atoms with van der Waals surface area (Å²) in [6.45, 7) is 6.65. The van der Waals surface area contributed by atoms with E-state index < -0.39 is 0 Å². The first-order valence-electron chi connectivity index (χ1n) is 8.22. The number of likely N-dealkylation sites (tertiary alicyclic amines) is 1. The Bertz CT molecular complexity index is 313. The van der Waals surface area contributed by atoms with Crippen molar-refractivity contribution in [2.24, 2.45) is 23.7 Å². The number of carbonyl (C=O) groups is 1. The third-order valence-electron chi connectivity index (χ3n) is 5.72. The zero-order chi connectivity index (χ0) is 13.2. The average Bonchev–Trinajstić information content (AvgIpc) is 3.00. The van der Waals surface area contributed by atoms with Gasteiger partial charge in [0.2, 0.25) is 5.91 Å². The SMILES string of the molecule is CC(CC(=O)N1CC2CCCC2C1)C1CCCNC1. The first-order chi connectivity index (χ1) is 9.24. The Hall–Kier alpha value is -0.570. The van der Waals surface area contributed by atoms with E-state index in [-0.39, 0.29) is 0 Å². The number of hydrogen-bond acceptors (Lipinski definition) is 2. The van der Waals surface area contributed by atoms with Crippen molar-refractivity contribution in [1.82, 2.24) is 10.2 Å². The Balaban J connectivity index is 1.48. The first-order valence-corrected chi connectivity index (χ1v) is 8.22. The number of fused-ring (bicyclic) bond motifs is 1. The molecule has 1 N–H and O–H groups in total. The highest BCUT2D eigenvalue weighted by Gasteiger charge is 2.38. The fourth-order valence-electron chi connectivity index (χ4n) is 4.37. The molecule has 3 nitrogen and oxygen atoms in total. The highest BCUT2D eigenvalue weighted by Crippen LogP contribution is 2.38. The molecule has 2 aliphatic heterocycles. The molecule has 1 amide bonds. The van der Waals surface area contributed by atoms with E-state index >= 15 is 0 Å². The van der Waals surface area contributed by atoms with Gasteiger partial charge in [0.25, 0.3) is 0 Å². The lowest BCUT2D eigenvalue weighted by Crippen LogP contribution is -2.36. The minimum absolute atomic E-state index is 0.424. The van der Waals surface area contributed by atoms with Crippen LogP contribution >= 0.6 is 0 Å². The van der Waals surface area contributed by atoms with Gasteiger partial charge in [0.1, 0.15) is 0 Å². The number of piperidine rings is 1. The summed E-state index contributed by atoms with van der Waals surface area (Å²) >= 11 is 0. The van der Waals surface area contributed by atoms with Crippen LogP contribution in [0.1, 0.15) is 45.4 Å². The molecule has 0 bridgehead atoms. The molecule has 1 aliphatic carbocycles. The number of hydrogen-bond donors (Lipinski definition) is 1. The van der Waals surface area contributed by atoms with Crippen molar-refractivity contribution in [3.63, 3.8) is 0 Å². The summed E-state index contributed by atoms with van der Waals surface area (Å²) in [6, 6.07) is 0. The fourth-order valence-corrected chi connectivity index (χ4v) is 4.37. The third kappa shape index (κ3) is 2.96. The molecule has 0 spiro atoms. The van der Waals surface area contributed by atoms with Gasteiger partial charge in [-0.15, -0.1) is 0 Å². The Labute approximate surface area is 117 Å². The Morgan fingerprint density at radius 1 is 1.21 bits per heavy atom. The molecule has 0 aromatic heterocycles. The van der Waals surface area contributed by atoms with Gasteiger partial charge in [0, 0.05) is 19.5 Å². The highest BCUT2D eigenvalue weighted by atomic mass is 16.2. The predicted molar refractivity (Wildman–Crippen MR) is 76.8 cm³/mol. The van der Waals surface area contributed by atoms with Gasteiger partial charge < -0.3 is 10.2 Å². The predicted octanol–water partition coefficient (Wildman–Crippen LogP) is 2.27. The van der Waals surface area contributed by atoms with Gasteiger partial charge in [-0.25, -0.2) is 0 Å². The minimum atomic E-state index is 0.424. The minimum Gasteiger partial charge on any atom is -0.342 e. The van der Waals surface area contributed by atoms with Gasteiger partial charge in [0.15, 0.2) is 0 Å². The summed E-state index contributed by atoms with van der Waals surface area (Å²) in [5.41, 5.74) is 0. The quantitative estimate of drug-likeness (QED) is 0.848.